The van der Waals surface area contributed by atoms with Crippen LogP contribution in [0.25, 0.3) is 28.1 Å². The van der Waals surface area contributed by atoms with Gasteiger partial charge in [-0.3, -0.25) is 4.98 Å². The van der Waals surface area contributed by atoms with Gasteiger partial charge < -0.3 is 10.2 Å². The maximum absolute atomic E-state index is 13.6. The number of fused-ring (bicyclic) bond motifs is 1. The van der Waals surface area contributed by atoms with Crippen molar-refractivity contribution in [3.05, 3.63) is 71.7 Å². The molecule has 1 fully saturated rings. The molecular formula is C25H26FNO2. The molecule has 0 saturated heterocycles. The number of rotatable bonds is 7. The van der Waals surface area contributed by atoms with E-state index in [0.717, 1.165) is 46.1 Å². The number of nitrogens with zero attached hydrogens (tertiary/aromatic N) is 1. The predicted octanol–water partition coefficient (Wildman–Crippen LogP) is 5.45. The molecule has 1 saturated carbocycles. The zero-order valence-electron chi connectivity index (χ0n) is 16.6. The standard InChI is InChI=1S/C25H26FNO2/c1-2-19(28)15-20(29)13-14-22-24(16-9-11-18(26)12-10-16)21-5-3-4-6-23(21)27-25(22)17-7-8-17/h3-6,9-14,17,19-20,28-29H,2,7-8,15H2,1H3/b14-13+/t19-,20-/m1/s1. The van der Waals surface area contributed by atoms with Gasteiger partial charge in [-0.2, -0.15) is 0 Å². The summed E-state index contributed by atoms with van der Waals surface area (Å²) in [5.41, 5.74) is 4.87. The Hall–Kier alpha value is -2.56. The number of para-hydroxylation sites is 1. The molecule has 3 aromatic rings. The minimum atomic E-state index is -0.732. The number of aliphatic hydroxyl groups is 2. The number of pyridine rings is 1. The van der Waals surface area contributed by atoms with Crippen molar-refractivity contribution in [1.82, 2.24) is 4.98 Å². The zero-order valence-corrected chi connectivity index (χ0v) is 16.6. The molecule has 3 nitrogen and oxygen atoms in total. The maximum atomic E-state index is 13.6. The molecule has 0 unspecified atom stereocenters. The average Bonchev–Trinajstić information content (AvgIpc) is 3.57. The third kappa shape index (κ3) is 4.39. The molecule has 0 amide bonds. The molecular weight excluding hydrogens is 365 g/mol. The highest BCUT2D eigenvalue weighted by Gasteiger charge is 2.29. The van der Waals surface area contributed by atoms with Gasteiger partial charge in [0.2, 0.25) is 0 Å². The second kappa shape index (κ2) is 8.44. The van der Waals surface area contributed by atoms with Crippen LogP contribution in [0.4, 0.5) is 4.39 Å². The van der Waals surface area contributed by atoms with Crippen LogP contribution < -0.4 is 0 Å². The van der Waals surface area contributed by atoms with E-state index in [2.05, 4.69) is 0 Å². The fraction of sp³-hybridized carbons (Fsp3) is 0.320. The second-order valence-corrected chi connectivity index (χ2v) is 7.81. The third-order valence-electron chi connectivity index (χ3n) is 5.53. The molecule has 1 heterocycles. The molecule has 2 N–H and O–H groups in total. The van der Waals surface area contributed by atoms with Crippen molar-refractivity contribution in [2.24, 2.45) is 0 Å². The smallest absolute Gasteiger partial charge is 0.123 e. The first-order valence-electron chi connectivity index (χ1n) is 10.3. The SMILES string of the molecule is CC[C@@H](O)C[C@H](O)/C=C/c1c(C2CC2)nc2ccccc2c1-c1ccc(F)cc1. The van der Waals surface area contributed by atoms with Crippen LogP contribution in [0.1, 0.15) is 49.8 Å². The predicted molar refractivity (Wildman–Crippen MR) is 115 cm³/mol. The van der Waals surface area contributed by atoms with Gasteiger partial charge in [0.25, 0.3) is 0 Å². The van der Waals surface area contributed by atoms with Crippen LogP contribution in [0.5, 0.6) is 0 Å². The topological polar surface area (TPSA) is 53.4 Å². The molecule has 4 heteroatoms. The van der Waals surface area contributed by atoms with Gasteiger partial charge in [-0.15, -0.1) is 0 Å². The number of aromatic nitrogens is 1. The summed E-state index contributed by atoms with van der Waals surface area (Å²) in [5.74, 6) is 0.146. The van der Waals surface area contributed by atoms with Crippen LogP contribution in [-0.2, 0) is 0 Å². The molecule has 0 aliphatic heterocycles. The minimum Gasteiger partial charge on any atom is -0.393 e. The van der Waals surface area contributed by atoms with Crippen LogP contribution in [-0.4, -0.2) is 27.4 Å². The summed E-state index contributed by atoms with van der Waals surface area (Å²) in [5, 5.41) is 21.2. The highest BCUT2D eigenvalue weighted by molar-refractivity contribution is 5.99. The third-order valence-corrected chi connectivity index (χ3v) is 5.53. The summed E-state index contributed by atoms with van der Waals surface area (Å²) < 4.78 is 13.6. The van der Waals surface area contributed by atoms with E-state index in [0.29, 0.717) is 18.8 Å². The lowest BCUT2D eigenvalue weighted by Crippen LogP contribution is -2.14. The van der Waals surface area contributed by atoms with Gasteiger partial charge in [0, 0.05) is 28.9 Å². The Morgan fingerprint density at radius 3 is 2.52 bits per heavy atom. The van der Waals surface area contributed by atoms with E-state index in [1.165, 1.54) is 12.1 Å². The van der Waals surface area contributed by atoms with Gasteiger partial charge in [-0.25, -0.2) is 4.39 Å². The summed E-state index contributed by atoms with van der Waals surface area (Å²) in [4.78, 5) is 4.94. The molecule has 2 aromatic carbocycles. The highest BCUT2D eigenvalue weighted by Crippen LogP contribution is 2.45. The van der Waals surface area contributed by atoms with Crippen molar-refractivity contribution in [1.29, 1.82) is 0 Å². The first-order chi connectivity index (χ1) is 14.1. The number of hydrogen-bond acceptors (Lipinski definition) is 3. The van der Waals surface area contributed by atoms with E-state index in [1.807, 2.05) is 37.3 Å². The summed E-state index contributed by atoms with van der Waals surface area (Å²) in [6, 6.07) is 14.5. The molecule has 4 rings (SSSR count). The molecule has 29 heavy (non-hydrogen) atoms. The molecule has 2 atom stereocenters. The fourth-order valence-electron chi connectivity index (χ4n) is 3.74. The monoisotopic (exact) mass is 391 g/mol. The van der Waals surface area contributed by atoms with Gasteiger partial charge in [-0.05, 0) is 43.0 Å². The normalized spacial score (nSPS) is 16.4. The quantitative estimate of drug-likeness (QED) is 0.563. The summed E-state index contributed by atoms with van der Waals surface area (Å²) in [6.45, 7) is 1.90. The summed E-state index contributed by atoms with van der Waals surface area (Å²) in [7, 11) is 0. The first kappa shape index (κ1) is 19.7. The Labute approximate surface area is 170 Å². The Balaban J connectivity index is 1.87. The number of hydrogen-bond donors (Lipinski definition) is 2. The van der Waals surface area contributed by atoms with E-state index >= 15 is 0 Å². The minimum absolute atomic E-state index is 0.268. The van der Waals surface area contributed by atoms with Gasteiger partial charge in [0.05, 0.1) is 23.4 Å². The van der Waals surface area contributed by atoms with E-state index in [-0.39, 0.29) is 5.82 Å². The molecule has 0 bridgehead atoms. The van der Waals surface area contributed by atoms with Crippen LogP contribution in [0.2, 0.25) is 0 Å². The van der Waals surface area contributed by atoms with E-state index in [4.69, 9.17) is 4.98 Å². The van der Waals surface area contributed by atoms with E-state index < -0.39 is 12.2 Å². The van der Waals surface area contributed by atoms with E-state index in [9.17, 15) is 14.6 Å². The molecule has 150 valence electrons. The summed E-state index contributed by atoms with van der Waals surface area (Å²) >= 11 is 0. The summed E-state index contributed by atoms with van der Waals surface area (Å²) in [6.07, 6.45) is 5.53. The molecule has 1 aromatic heterocycles. The lowest BCUT2D eigenvalue weighted by Gasteiger charge is -2.16. The Kier molecular flexibility index (Phi) is 5.74. The van der Waals surface area contributed by atoms with Crippen molar-refractivity contribution < 1.29 is 14.6 Å². The van der Waals surface area contributed by atoms with Gasteiger partial charge in [0.1, 0.15) is 5.82 Å². The molecule has 0 spiro atoms. The van der Waals surface area contributed by atoms with Gasteiger partial charge in [0.15, 0.2) is 0 Å². The lowest BCUT2D eigenvalue weighted by atomic mass is 9.92. The van der Waals surface area contributed by atoms with Crippen LogP contribution in [0.3, 0.4) is 0 Å². The zero-order chi connectivity index (χ0) is 20.4. The molecule has 1 aliphatic carbocycles. The molecule has 1 aliphatic rings. The molecule has 0 radical (unpaired) electrons. The van der Waals surface area contributed by atoms with Crippen LogP contribution in [0, 0.1) is 5.82 Å². The highest BCUT2D eigenvalue weighted by atomic mass is 19.1. The van der Waals surface area contributed by atoms with Crippen molar-refractivity contribution in [3.63, 3.8) is 0 Å². The number of aliphatic hydroxyl groups excluding tert-OH is 2. The second-order valence-electron chi connectivity index (χ2n) is 7.81. The Morgan fingerprint density at radius 2 is 1.83 bits per heavy atom. The number of benzene rings is 2. The van der Waals surface area contributed by atoms with Crippen molar-refractivity contribution in [2.75, 3.05) is 0 Å². The maximum Gasteiger partial charge on any atom is 0.123 e. The number of halogens is 1. The van der Waals surface area contributed by atoms with Crippen molar-refractivity contribution in [2.45, 2.75) is 50.7 Å². The van der Waals surface area contributed by atoms with Gasteiger partial charge >= 0.3 is 0 Å². The van der Waals surface area contributed by atoms with Crippen molar-refractivity contribution in [3.8, 4) is 11.1 Å². The van der Waals surface area contributed by atoms with Crippen LogP contribution in [0.15, 0.2) is 54.6 Å². The van der Waals surface area contributed by atoms with Gasteiger partial charge in [-0.1, -0.05) is 49.4 Å². The first-order valence-corrected chi connectivity index (χ1v) is 10.3. The van der Waals surface area contributed by atoms with Crippen LogP contribution >= 0.6 is 0 Å². The Morgan fingerprint density at radius 1 is 1.10 bits per heavy atom. The fourth-order valence-corrected chi connectivity index (χ4v) is 3.74. The largest absolute Gasteiger partial charge is 0.393 e. The van der Waals surface area contributed by atoms with Crippen molar-refractivity contribution >= 4 is 17.0 Å². The average molecular weight is 391 g/mol. The van der Waals surface area contributed by atoms with E-state index in [1.54, 1.807) is 18.2 Å². The Bertz CT molecular complexity index is 1020. The lowest BCUT2D eigenvalue weighted by molar-refractivity contribution is 0.102.